The number of aryl methyl sites for hydroxylation is 1. The van der Waals surface area contributed by atoms with Crippen LogP contribution in [-0.2, 0) is 0 Å². The third-order valence-corrected chi connectivity index (χ3v) is 1.88. The molecule has 0 amide bonds. The summed E-state index contributed by atoms with van der Waals surface area (Å²) in [6, 6.07) is 8.45. The highest BCUT2D eigenvalue weighted by Gasteiger charge is 1.84. The topological polar surface area (TPSA) is 0 Å². The highest BCUT2D eigenvalue weighted by atomic mass is 35.5. The average molecular weight is 181 g/mol. The fraction of sp³-hybridized carbons (Fsp3) is 0.273. The van der Waals surface area contributed by atoms with E-state index in [4.69, 9.17) is 11.6 Å². The molecule has 0 saturated carbocycles. The normalized spacial score (nSPS) is 10.8. The highest BCUT2D eigenvalue weighted by molar-refractivity contribution is 6.17. The van der Waals surface area contributed by atoms with Gasteiger partial charge in [-0.25, -0.2) is 0 Å². The Morgan fingerprint density at radius 2 is 1.92 bits per heavy atom. The lowest BCUT2D eigenvalue weighted by molar-refractivity contribution is 1.24. The zero-order chi connectivity index (χ0) is 8.81. The van der Waals surface area contributed by atoms with E-state index < -0.39 is 0 Å². The summed E-state index contributed by atoms with van der Waals surface area (Å²) in [5.74, 6) is 0.697. The summed E-state index contributed by atoms with van der Waals surface area (Å²) in [4.78, 5) is 0. The largest absolute Gasteiger partial charge is 0.126 e. The van der Waals surface area contributed by atoms with E-state index in [2.05, 4.69) is 43.3 Å². The lowest BCUT2D eigenvalue weighted by Gasteiger charge is -1.93. The monoisotopic (exact) mass is 180 g/mol. The van der Waals surface area contributed by atoms with Gasteiger partial charge in [0.25, 0.3) is 0 Å². The van der Waals surface area contributed by atoms with Crippen molar-refractivity contribution < 1.29 is 0 Å². The smallest absolute Gasteiger partial charge is 0.0258 e. The molecule has 1 rings (SSSR count). The molecule has 0 atom stereocenters. The van der Waals surface area contributed by atoms with E-state index in [0.717, 1.165) is 6.42 Å². The Morgan fingerprint density at radius 3 is 2.50 bits per heavy atom. The van der Waals surface area contributed by atoms with Crippen LogP contribution in [0.2, 0.25) is 0 Å². The molecule has 1 aromatic rings. The highest BCUT2D eigenvalue weighted by Crippen LogP contribution is 2.05. The quantitative estimate of drug-likeness (QED) is 0.624. The van der Waals surface area contributed by atoms with Gasteiger partial charge in [-0.3, -0.25) is 0 Å². The van der Waals surface area contributed by atoms with Gasteiger partial charge in [-0.05, 0) is 18.9 Å². The van der Waals surface area contributed by atoms with Crippen LogP contribution in [0.5, 0.6) is 0 Å². The van der Waals surface area contributed by atoms with Gasteiger partial charge < -0.3 is 0 Å². The van der Waals surface area contributed by atoms with E-state index >= 15 is 0 Å². The first-order valence-corrected chi connectivity index (χ1v) is 4.65. The third-order valence-electron chi connectivity index (χ3n) is 1.66. The van der Waals surface area contributed by atoms with Crippen molar-refractivity contribution in [2.75, 3.05) is 5.88 Å². The molecule has 12 heavy (non-hydrogen) atoms. The maximum Gasteiger partial charge on any atom is 0.0258 e. The average Bonchev–Trinajstić information content (AvgIpc) is 2.09. The zero-order valence-corrected chi connectivity index (χ0v) is 8.01. The fourth-order valence-corrected chi connectivity index (χ4v) is 1.09. The standard InChI is InChI=1S/C11H13Cl/c1-10-5-7-11(8-6-10)4-2-3-9-12/h2,4-8H,3,9H2,1H3. The van der Waals surface area contributed by atoms with E-state index in [1.54, 1.807) is 0 Å². The molecule has 0 aliphatic rings. The minimum Gasteiger partial charge on any atom is -0.126 e. The first kappa shape index (κ1) is 9.34. The summed E-state index contributed by atoms with van der Waals surface area (Å²) in [6.07, 6.45) is 5.13. The van der Waals surface area contributed by atoms with Crippen LogP contribution in [0.1, 0.15) is 17.5 Å². The van der Waals surface area contributed by atoms with Crippen molar-refractivity contribution in [1.82, 2.24) is 0 Å². The molecular formula is C11H13Cl. The molecule has 0 bridgehead atoms. The summed E-state index contributed by atoms with van der Waals surface area (Å²) in [7, 11) is 0. The first-order chi connectivity index (χ1) is 5.83. The summed E-state index contributed by atoms with van der Waals surface area (Å²) < 4.78 is 0. The van der Waals surface area contributed by atoms with Crippen molar-refractivity contribution in [3.63, 3.8) is 0 Å². The van der Waals surface area contributed by atoms with Crippen molar-refractivity contribution in [3.05, 3.63) is 41.5 Å². The van der Waals surface area contributed by atoms with Gasteiger partial charge in [0.05, 0.1) is 0 Å². The SMILES string of the molecule is Cc1ccc(C=CCCCl)cc1. The number of allylic oxidation sites excluding steroid dienone is 1. The Bertz CT molecular complexity index is 246. The summed E-state index contributed by atoms with van der Waals surface area (Å²) in [6.45, 7) is 2.09. The fourth-order valence-electron chi connectivity index (χ4n) is 0.960. The lowest BCUT2D eigenvalue weighted by Crippen LogP contribution is -1.73. The lowest BCUT2D eigenvalue weighted by atomic mass is 10.1. The molecule has 0 unspecified atom stereocenters. The summed E-state index contributed by atoms with van der Waals surface area (Å²) >= 11 is 5.54. The Morgan fingerprint density at radius 1 is 1.25 bits per heavy atom. The maximum absolute atomic E-state index is 5.54. The molecule has 64 valence electrons. The van der Waals surface area contributed by atoms with Gasteiger partial charge >= 0.3 is 0 Å². The van der Waals surface area contributed by atoms with Crippen molar-refractivity contribution in [1.29, 1.82) is 0 Å². The van der Waals surface area contributed by atoms with Crippen LogP contribution < -0.4 is 0 Å². The molecule has 0 nitrogen and oxygen atoms in total. The molecular weight excluding hydrogens is 168 g/mol. The predicted octanol–water partition coefficient (Wildman–Crippen LogP) is 3.64. The van der Waals surface area contributed by atoms with E-state index in [-0.39, 0.29) is 0 Å². The third kappa shape index (κ3) is 3.10. The van der Waals surface area contributed by atoms with E-state index in [9.17, 15) is 0 Å². The number of hydrogen-bond donors (Lipinski definition) is 0. The van der Waals surface area contributed by atoms with Crippen LogP contribution in [0.15, 0.2) is 30.3 Å². The summed E-state index contributed by atoms with van der Waals surface area (Å²) in [5.41, 5.74) is 2.54. The Kier molecular flexibility index (Phi) is 3.89. The predicted molar refractivity (Wildman–Crippen MR) is 55.6 cm³/mol. The van der Waals surface area contributed by atoms with E-state index in [0.29, 0.717) is 5.88 Å². The number of hydrogen-bond acceptors (Lipinski definition) is 0. The molecule has 0 aliphatic heterocycles. The molecule has 0 N–H and O–H groups in total. The second-order valence-electron chi connectivity index (χ2n) is 2.79. The zero-order valence-electron chi connectivity index (χ0n) is 7.26. The molecule has 0 heterocycles. The first-order valence-electron chi connectivity index (χ1n) is 4.12. The van der Waals surface area contributed by atoms with Gasteiger partial charge in [0, 0.05) is 5.88 Å². The van der Waals surface area contributed by atoms with Gasteiger partial charge in [0.1, 0.15) is 0 Å². The Hall–Kier alpha value is -0.750. The molecule has 1 aromatic carbocycles. The number of rotatable bonds is 3. The van der Waals surface area contributed by atoms with Crippen LogP contribution in [0.3, 0.4) is 0 Å². The van der Waals surface area contributed by atoms with Gasteiger partial charge in [-0.2, -0.15) is 0 Å². The van der Waals surface area contributed by atoms with Gasteiger partial charge in [-0.1, -0.05) is 42.0 Å². The maximum atomic E-state index is 5.54. The van der Waals surface area contributed by atoms with Crippen LogP contribution in [0, 0.1) is 6.92 Å². The van der Waals surface area contributed by atoms with Crippen LogP contribution >= 0.6 is 11.6 Å². The van der Waals surface area contributed by atoms with Gasteiger partial charge in [0.15, 0.2) is 0 Å². The van der Waals surface area contributed by atoms with Crippen molar-refractivity contribution in [3.8, 4) is 0 Å². The van der Waals surface area contributed by atoms with E-state index in [1.165, 1.54) is 11.1 Å². The van der Waals surface area contributed by atoms with Crippen LogP contribution in [-0.4, -0.2) is 5.88 Å². The minimum atomic E-state index is 0.697. The molecule has 0 fully saturated rings. The molecule has 0 aromatic heterocycles. The number of halogens is 1. The number of alkyl halides is 1. The van der Waals surface area contributed by atoms with Crippen molar-refractivity contribution in [2.45, 2.75) is 13.3 Å². The molecule has 0 saturated heterocycles. The van der Waals surface area contributed by atoms with E-state index in [1.807, 2.05) is 0 Å². The van der Waals surface area contributed by atoms with Gasteiger partial charge in [0.2, 0.25) is 0 Å². The van der Waals surface area contributed by atoms with Crippen molar-refractivity contribution in [2.24, 2.45) is 0 Å². The molecule has 0 spiro atoms. The molecule has 1 heteroatoms. The second-order valence-corrected chi connectivity index (χ2v) is 3.17. The minimum absolute atomic E-state index is 0.697. The summed E-state index contributed by atoms with van der Waals surface area (Å²) in [5, 5.41) is 0. The molecule has 0 radical (unpaired) electrons. The Balaban J connectivity index is 2.58. The number of benzene rings is 1. The Labute approximate surface area is 78.9 Å². The van der Waals surface area contributed by atoms with Crippen LogP contribution in [0.4, 0.5) is 0 Å². The van der Waals surface area contributed by atoms with Gasteiger partial charge in [-0.15, -0.1) is 11.6 Å². The van der Waals surface area contributed by atoms with Crippen LogP contribution in [0.25, 0.3) is 6.08 Å². The van der Waals surface area contributed by atoms with Crippen molar-refractivity contribution >= 4 is 17.7 Å². The second kappa shape index (κ2) is 5.00. The molecule has 0 aliphatic carbocycles.